The lowest BCUT2D eigenvalue weighted by atomic mass is 9.97. The lowest BCUT2D eigenvalue weighted by molar-refractivity contribution is 0.220. The predicted octanol–water partition coefficient (Wildman–Crippen LogP) is 4.19. The van der Waals surface area contributed by atoms with Crippen LogP contribution in [0.15, 0.2) is 60.8 Å². The molecule has 0 amide bonds. The van der Waals surface area contributed by atoms with Crippen molar-refractivity contribution in [2.45, 2.75) is 24.9 Å². The Morgan fingerprint density at radius 2 is 1.81 bits per heavy atom. The van der Waals surface area contributed by atoms with E-state index in [4.69, 9.17) is 0 Å². The van der Waals surface area contributed by atoms with Gasteiger partial charge in [0.15, 0.2) is 0 Å². The molecule has 0 radical (unpaired) electrons. The molecule has 1 aliphatic rings. The minimum absolute atomic E-state index is 0.588. The third kappa shape index (κ3) is 2.43. The van der Waals surface area contributed by atoms with Crippen LogP contribution in [0.3, 0.4) is 0 Å². The maximum Gasteiger partial charge on any atom is 0.104 e. The molecular weight excluding hydrogens is 258 g/mol. The van der Waals surface area contributed by atoms with Crippen LogP contribution < -0.4 is 0 Å². The highest BCUT2D eigenvalue weighted by atomic mass is 16.3. The molecule has 0 aliphatic heterocycles. The van der Waals surface area contributed by atoms with E-state index in [1.807, 2.05) is 42.5 Å². The molecule has 1 saturated carbocycles. The third-order valence-electron chi connectivity index (χ3n) is 4.22. The van der Waals surface area contributed by atoms with Crippen molar-refractivity contribution >= 4 is 10.9 Å². The fourth-order valence-corrected chi connectivity index (χ4v) is 2.85. The van der Waals surface area contributed by atoms with E-state index in [2.05, 4.69) is 17.1 Å². The van der Waals surface area contributed by atoms with Gasteiger partial charge in [0.1, 0.15) is 6.10 Å². The molecule has 1 heterocycles. The number of aliphatic hydroxyl groups excluding tert-OH is 1. The van der Waals surface area contributed by atoms with Gasteiger partial charge in [-0.15, -0.1) is 0 Å². The molecule has 1 unspecified atom stereocenters. The lowest BCUT2D eigenvalue weighted by Gasteiger charge is -2.13. The number of nitrogens with zero attached hydrogens (tertiary/aromatic N) is 1. The number of hydrogen-bond donors (Lipinski definition) is 1. The number of fused-ring (bicyclic) bond motifs is 1. The van der Waals surface area contributed by atoms with Crippen molar-refractivity contribution in [1.29, 1.82) is 0 Å². The fourth-order valence-electron chi connectivity index (χ4n) is 2.85. The summed E-state index contributed by atoms with van der Waals surface area (Å²) in [6, 6.07) is 18.3. The van der Waals surface area contributed by atoms with Crippen molar-refractivity contribution in [1.82, 2.24) is 4.98 Å². The summed E-state index contributed by atoms with van der Waals surface area (Å²) in [5, 5.41) is 11.7. The van der Waals surface area contributed by atoms with Crippen LogP contribution in [0.5, 0.6) is 0 Å². The van der Waals surface area contributed by atoms with Gasteiger partial charge < -0.3 is 5.11 Å². The van der Waals surface area contributed by atoms with Crippen LogP contribution in [-0.2, 0) is 0 Å². The molecule has 2 nitrogen and oxygen atoms in total. The van der Waals surface area contributed by atoms with Crippen LogP contribution in [-0.4, -0.2) is 10.1 Å². The first-order valence-electron chi connectivity index (χ1n) is 7.44. The van der Waals surface area contributed by atoms with E-state index in [9.17, 15) is 5.11 Å². The minimum Gasteiger partial charge on any atom is -0.384 e. The van der Waals surface area contributed by atoms with Gasteiger partial charge in [-0.2, -0.15) is 0 Å². The first-order valence-corrected chi connectivity index (χ1v) is 7.44. The Hall–Kier alpha value is -2.19. The largest absolute Gasteiger partial charge is 0.384 e. The summed E-state index contributed by atoms with van der Waals surface area (Å²) in [5.41, 5.74) is 4.14. The summed E-state index contributed by atoms with van der Waals surface area (Å²) >= 11 is 0. The van der Waals surface area contributed by atoms with Crippen LogP contribution in [0.2, 0.25) is 0 Å². The fraction of sp³-hybridized carbons (Fsp3) is 0.211. The summed E-state index contributed by atoms with van der Waals surface area (Å²) in [7, 11) is 0. The maximum atomic E-state index is 10.7. The molecule has 104 valence electrons. The second-order valence-electron chi connectivity index (χ2n) is 5.80. The second-order valence-corrected chi connectivity index (χ2v) is 5.80. The Morgan fingerprint density at radius 1 is 0.952 bits per heavy atom. The summed E-state index contributed by atoms with van der Waals surface area (Å²) in [5.74, 6) is 0.704. The molecule has 4 rings (SSSR count). The van der Waals surface area contributed by atoms with Crippen molar-refractivity contribution < 1.29 is 5.11 Å². The zero-order valence-corrected chi connectivity index (χ0v) is 11.7. The zero-order chi connectivity index (χ0) is 14.2. The Balaban J connectivity index is 1.71. The molecule has 0 bridgehead atoms. The lowest BCUT2D eigenvalue weighted by Crippen LogP contribution is -2.00. The SMILES string of the molecule is OC(c1cccc(C2CC2)c1)c1ccc2cccnc2c1. The Bertz CT molecular complexity index is 792. The highest BCUT2D eigenvalue weighted by Gasteiger charge is 2.24. The molecular formula is C19H17NO. The molecule has 1 fully saturated rings. The number of pyridine rings is 1. The van der Waals surface area contributed by atoms with Crippen LogP contribution in [0.4, 0.5) is 0 Å². The van der Waals surface area contributed by atoms with Gasteiger partial charge in [-0.1, -0.05) is 42.5 Å². The van der Waals surface area contributed by atoms with Crippen LogP contribution in [0.25, 0.3) is 10.9 Å². The standard InChI is InChI=1S/C19H17NO/c21-19(16-4-1-3-15(11-16)13-6-7-13)17-9-8-14-5-2-10-20-18(14)12-17/h1-5,8-13,19,21H,6-7H2. The molecule has 3 aromatic rings. The highest BCUT2D eigenvalue weighted by molar-refractivity contribution is 5.79. The first-order chi connectivity index (χ1) is 10.3. The molecule has 0 spiro atoms. The highest BCUT2D eigenvalue weighted by Crippen LogP contribution is 2.41. The molecule has 2 heteroatoms. The van der Waals surface area contributed by atoms with Crippen molar-refractivity contribution in [2.75, 3.05) is 0 Å². The van der Waals surface area contributed by atoms with Gasteiger partial charge in [0.25, 0.3) is 0 Å². The average molecular weight is 275 g/mol. The van der Waals surface area contributed by atoms with Crippen molar-refractivity contribution in [2.24, 2.45) is 0 Å². The van der Waals surface area contributed by atoms with Crippen LogP contribution in [0.1, 0.15) is 41.6 Å². The van der Waals surface area contributed by atoms with Crippen LogP contribution >= 0.6 is 0 Å². The van der Waals surface area contributed by atoms with Crippen molar-refractivity contribution in [3.05, 3.63) is 77.5 Å². The summed E-state index contributed by atoms with van der Waals surface area (Å²) in [4.78, 5) is 4.36. The minimum atomic E-state index is -0.588. The molecule has 2 aromatic carbocycles. The number of aliphatic hydroxyl groups is 1. The van der Waals surface area contributed by atoms with Gasteiger partial charge in [-0.05, 0) is 47.6 Å². The average Bonchev–Trinajstić information content (AvgIpc) is 3.39. The van der Waals surface area contributed by atoms with Crippen LogP contribution in [0, 0.1) is 0 Å². The van der Waals surface area contributed by atoms with E-state index in [0.717, 1.165) is 22.0 Å². The Morgan fingerprint density at radius 3 is 2.67 bits per heavy atom. The normalized spacial score (nSPS) is 16.0. The van der Waals surface area contributed by atoms with E-state index in [1.165, 1.54) is 18.4 Å². The summed E-state index contributed by atoms with van der Waals surface area (Å²) < 4.78 is 0. The van der Waals surface area contributed by atoms with Gasteiger partial charge in [-0.3, -0.25) is 4.98 Å². The second kappa shape index (κ2) is 4.97. The monoisotopic (exact) mass is 275 g/mol. The van der Waals surface area contributed by atoms with E-state index in [-0.39, 0.29) is 0 Å². The Labute approximate surface area is 124 Å². The summed E-state index contributed by atoms with van der Waals surface area (Å²) in [6.07, 6.45) is 3.75. The van der Waals surface area contributed by atoms with Gasteiger partial charge >= 0.3 is 0 Å². The number of hydrogen-bond acceptors (Lipinski definition) is 2. The predicted molar refractivity (Wildman–Crippen MR) is 84.2 cm³/mol. The van der Waals surface area contributed by atoms with E-state index in [1.54, 1.807) is 6.20 Å². The van der Waals surface area contributed by atoms with E-state index < -0.39 is 6.10 Å². The van der Waals surface area contributed by atoms with Gasteiger partial charge in [-0.25, -0.2) is 0 Å². The maximum absolute atomic E-state index is 10.7. The van der Waals surface area contributed by atoms with Crippen molar-refractivity contribution in [3.63, 3.8) is 0 Å². The topological polar surface area (TPSA) is 33.1 Å². The Kier molecular flexibility index (Phi) is 2.97. The molecule has 21 heavy (non-hydrogen) atoms. The summed E-state index contributed by atoms with van der Waals surface area (Å²) in [6.45, 7) is 0. The third-order valence-corrected chi connectivity index (χ3v) is 4.22. The molecule has 1 aliphatic carbocycles. The van der Waals surface area contributed by atoms with Gasteiger partial charge in [0.05, 0.1) is 5.52 Å². The molecule has 1 N–H and O–H groups in total. The van der Waals surface area contributed by atoms with Gasteiger partial charge in [0, 0.05) is 11.6 Å². The number of rotatable bonds is 3. The molecule has 1 atom stereocenters. The molecule has 1 aromatic heterocycles. The van der Waals surface area contributed by atoms with E-state index >= 15 is 0 Å². The first kappa shape index (κ1) is 12.5. The number of benzene rings is 2. The van der Waals surface area contributed by atoms with Gasteiger partial charge in [0.2, 0.25) is 0 Å². The smallest absolute Gasteiger partial charge is 0.104 e. The van der Waals surface area contributed by atoms with E-state index in [0.29, 0.717) is 5.92 Å². The molecule has 0 saturated heterocycles. The zero-order valence-electron chi connectivity index (χ0n) is 11.7. The van der Waals surface area contributed by atoms with Crippen molar-refractivity contribution in [3.8, 4) is 0 Å². The number of aromatic nitrogens is 1. The quantitative estimate of drug-likeness (QED) is 0.777.